The van der Waals surface area contributed by atoms with Crippen molar-refractivity contribution >= 4 is 17.3 Å². The summed E-state index contributed by atoms with van der Waals surface area (Å²) in [6, 6.07) is 12.3. The fourth-order valence-corrected chi connectivity index (χ4v) is 2.21. The van der Waals surface area contributed by atoms with Crippen LogP contribution in [0.5, 0.6) is 0 Å². The van der Waals surface area contributed by atoms with Gasteiger partial charge in [0.1, 0.15) is 5.82 Å². The van der Waals surface area contributed by atoms with Gasteiger partial charge in [-0.1, -0.05) is 31.5 Å². The van der Waals surface area contributed by atoms with Crippen LogP contribution in [0.4, 0.5) is 15.8 Å². The minimum Gasteiger partial charge on any atom is -0.376 e. The average Bonchev–Trinajstić information content (AvgIpc) is 2.50. The van der Waals surface area contributed by atoms with E-state index in [1.54, 1.807) is 6.07 Å². The summed E-state index contributed by atoms with van der Waals surface area (Å²) >= 11 is 0. The second kappa shape index (κ2) is 7.59. The van der Waals surface area contributed by atoms with Crippen LogP contribution in [0.2, 0.25) is 0 Å². The molecule has 0 saturated heterocycles. The third kappa shape index (κ3) is 4.58. The molecule has 0 aliphatic carbocycles. The molecule has 0 aromatic heterocycles. The Bertz CT molecular complexity index is 638. The summed E-state index contributed by atoms with van der Waals surface area (Å²) in [7, 11) is 0. The SMILES string of the molecule is CCCc1ccc(NC(=O)CNc2cc(F)ccc2C)cc1. The van der Waals surface area contributed by atoms with E-state index in [2.05, 4.69) is 17.6 Å². The standard InChI is InChI=1S/C18H21FN2O/c1-3-4-14-6-9-16(10-7-14)21-18(22)12-20-17-11-15(19)8-5-13(17)2/h5-11,20H,3-4,12H2,1-2H3,(H,21,22). The minimum absolute atomic E-state index is 0.0982. The molecule has 4 heteroatoms. The van der Waals surface area contributed by atoms with E-state index in [-0.39, 0.29) is 18.3 Å². The van der Waals surface area contributed by atoms with Crippen LogP contribution in [0.1, 0.15) is 24.5 Å². The van der Waals surface area contributed by atoms with E-state index in [1.807, 2.05) is 31.2 Å². The van der Waals surface area contributed by atoms with Gasteiger partial charge in [-0.15, -0.1) is 0 Å². The summed E-state index contributed by atoms with van der Waals surface area (Å²) in [5.74, 6) is -0.480. The number of nitrogens with one attached hydrogen (secondary N) is 2. The number of aryl methyl sites for hydroxylation is 2. The van der Waals surface area contributed by atoms with E-state index >= 15 is 0 Å². The maximum absolute atomic E-state index is 13.2. The van der Waals surface area contributed by atoms with E-state index in [0.29, 0.717) is 5.69 Å². The van der Waals surface area contributed by atoms with Gasteiger partial charge in [-0.25, -0.2) is 4.39 Å². The van der Waals surface area contributed by atoms with Crippen LogP contribution in [-0.4, -0.2) is 12.5 Å². The average molecular weight is 300 g/mol. The fraction of sp³-hybridized carbons (Fsp3) is 0.278. The van der Waals surface area contributed by atoms with Crippen molar-refractivity contribution in [3.05, 3.63) is 59.4 Å². The highest BCUT2D eigenvalue weighted by Gasteiger charge is 2.05. The zero-order valence-electron chi connectivity index (χ0n) is 12.9. The molecule has 0 aliphatic rings. The van der Waals surface area contributed by atoms with Crippen molar-refractivity contribution in [1.82, 2.24) is 0 Å². The predicted molar refractivity (Wildman–Crippen MR) is 88.7 cm³/mol. The number of amides is 1. The van der Waals surface area contributed by atoms with Gasteiger partial charge in [0.05, 0.1) is 6.54 Å². The molecular formula is C18H21FN2O. The van der Waals surface area contributed by atoms with Crippen molar-refractivity contribution in [3.63, 3.8) is 0 Å². The number of hydrogen-bond acceptors (Lipinski definition) is 2. The second-order valence-corrected chi connectivity index (χ2v) is 5.31. The van der Waals surface area contributed by atoms with Crippen molar-refractivity contribution in [1.29, 1.82) is 0 Å². The molecule has 2 N–H and O–H groups in total. The molecule has 0 aliphatic heterocycles. The minimum atomic E-state index is -0.319. The summed E-state index contributed by atoms with van der Waals surface area (Å²) in [5.41, 5.74) is 3.56. The molecule has 2 aromatic carbocycles. The highest BCUT2D eigenvalue weighted by molar-refractivity contribution is 5.93. The van der Waals surface area contributed by atoms with Crippen LogP contribution in [0.15, 0.2) is 42.5 Å². The van der Waals surface area contributed by atoms with Gasteiger partial charge in [-0.3, -0.25) is 4.79 Å². The van der Waals surface area contributed by atoms with E-state index in [9.17, 15) is 9.18 Å². The predicted octanol–water partition coefficient (Wildman–Crippen LogP) is 4.14. The van der Waals surface area contributed by atoms with Crippen molar-refractivity contribution in [3.8, 4) is 0 Å². The molecular weight excluding hydrogens is 279 g/mol. The monoisotopic (exact) mass is 300 g/mol. The van der Waals surface area contributed by atoms with Gasteiger partial charge >= 0.3 is 0 Å². The van der Waals surface area contributed by atoms with Crippen LogP contribution in [0, 0.1) is 12.7 Å². The first kappa shape index (κ1) is 16.0. The summed E-state index contributed by atoms with van der Waals surface area (Å²) in [6.07, 6.45) is 2.14. The first-order valence-electron chi connectivity index (χ1n) is 7.47. The zero-order valence-corrected chi connectivity index (χ0v) is 12.9. The molecule has 2 rings (SSSR count). The number of carbonyl (C=O) groups excluding carboxylic acids is 1. The molecule has 0 fully saturated rings. The van der Waals surface area contributed by atoms with Crippen LogP contribution in [0.3, 0.4) is 0 Å². The van der Waals surface area contributed by atoms with Gasteiger partial charge in [-0.05, 0) is 48.7 Å². The first-order valence-corrected chi connectivity index (χ1v) is 7.47. The summed E-state index contributed by atoms with van der Waals surface area (Å²) in [5, 5.41) is 5.77. The highest BCUT2D eigenvalue weighted by atomic mass is 19.1. The van der Waals surface area contributed by atoms with Crippen LogP contribution in [0.25, 0.3) is 0 Å². The lowest BCUT2D eigenvalue weighted by atomic mass is 10.1. The molecule has 1 amide bonds. The van der Waals surface area contributed by atoms with Gasteiger partial charge in [0.2, 0.25) is 5.91 Å². The Labute approximate surface area is 130 Å². The Balaban J connectivity index is 1.88. The molecule has 0 unspecified atom stereocenters. The summed E-state index contributed by atoms with van der Waals surface area (Å²) in [6.45, 7) is 4.10. The molecule has 0 spiro atoms. The van der Waals surface area contributed by atoms with Crippen molar-refractivity contribution in [2.24, 2.45) is 0 Å². The van der Waals surface area contributed by atoms with Crippen molar-refractivity contribution in [2.45, 2.75) is 26.7 Å². The van der Waals surface area contributed by atoms with Crippen LogP contribution in [-0.2, 0) is 11.2 Å². The lowest BCUT2D eigenvalue weighted by molar-refractivity contribution is -0.114. The van der Waals surface area contributed by atoms with E-state index in [1.165, 1.54) is 17.7 Å². The van der Waals surface area contributed by atoms with Crippen molar-refractivity contribution < 1.29 is 9.18 Å². The molecule has 2 aromatic rings. The Morgan fingerprint density at radius 3 is 2.55 bits per heavy atom. The Morgan fingerprint density at radius 2 is 1.86 bits per heavy atom. The molecule has 0 atom stereocenters. The largest absolute Gasteiger partial charge is 0.376 e. The molecule has 0 heterocycles. The molecule has 3 nitrogen and oxygen atoms in total. The molecule has 0 radical (unpaired) electrons. The quantitative estimate of drug-likeness (QED) is 0.842. The van der Waals surface area contributed by atoms with E-state index in [4.69, 9.17) is 0 Å². The first-order chi connectivity index (χ1) is 10.6. The highest BCUT2D eigenvalue weighted by Crippen LogP contribution is 2.16. The molecule has 0 saturated carbocycles. The third-order valence-electron chi connectivity index (χ3n) is 3.42. The van der Waals surface area contributed by atoms with E-state index < -0.39 is 0 Å². The van der Waals surface area contributed by atoms with Gasteiger partial charge in [0.15, 0.2) is 0 Å². The lowest BCUT2D eigenvalue weighted by Gasteiger charge is -2.10. The maximum Gasteiger partial charge on any atom is 0.243 e. The smallest absolute Gasteiger partial charge is 0.243 e. The second-order valence-electron chi connectivity index (χ2n) is 5.31. The molecule has 22 heavy (non-hydrogen) atoms. The number of hydrogen-bond donors (Lipinski definition) is 2. The van der Waals surface area contributed by atoms with Gasteiger partial charge in [-0.2, -0.15) is 0 Å². The fourth-order valence-electron chi connectivity index (χ4n) is 2.21. The Morgan fingerprint density at radius 1 is 1.14 bits per heavy atom. The number of rotatable bonds is 6. The Hall–Kier alpha value is -2.36. The lowest BCUT2D eigenvalue weighted by Crippen LogP contribution is -2.22. The van der Waals surface area contributed by atoms with Gasteiger partial charge in [0.25, 0.3) is 0 Å². The van der Waals surface area contributed by atoms with Crippen molar-refractivity contribution in [2.75, 3.05) is 17.2 Å². The number of halogens is 1. The summed E-state index contributed by atoms with van der Waals surface area (Å²) < 4.78 is 13.2. The molecule has 0 bridgehead atoms. The van der Waals surface area contributed by atoms with Crippen LogP contribution >= 0.6 is 0 Å². The third-order valence-corrected chi connectivity index (χ3v) is 3.42. The number of anilines is 2. The van der Waals surface area contributed by atoms with Gasteiger partial charge < -0.3 is 10.6 Å². The zero-order chi connectivity index (χ0) is 15.9. The molecule has 116 valence electrons. The van der Waals surface area contributed by atoms with E-state index in [0.717, 1.165) is 24.1 Å². The normalized spacial score (nSPS) is 10.3. The van der Waals surface area contributed by atoms with Gasteiger partial charge in [0, 0.05) is 11.4 Å². The van der Waals surface area contributed by atoms with Crippen LogP contribution < -0.4 is 10.6 Å². The summed E-state index contributed by atoms with van der Waals surface area (Å²) in [4.78, 5) is 11.9. The number of carbonyl (C=O) groups is 1. The number of benzene rings is 2. The Kier molecular flexibility index (Phi) is 5.53. The maximum atomic E-state index is 13.2. The topological polar surface area (TPSA) is 41.1 Å².